The van der Waals surface area contributed by atoms with E-state index < -0.39 is 11.6 Å². The number of hydrogen-bond acceptors (Lipinski definition) is 3. The van der Waals surface area contributed by atoms with Gasteiger partial charge in [0.15, 0.2) is 0 Å². The summed E-state index contributed by atoms with van der Waals surface area (Å²) in [6.07, 6.45) is 2.00. The van der Waals surface area contributed by atoms with Gasteiger partial charge in [0, 0.05) is 25.1 Å². The van der Waals surface area contributed by atoms with E-state index in [0.717, 1.165) is 5.56 Å². The van der Waals surface area contributed by atoms with Crippen LogP contribution in [0.2, 0.25) is 0 Å². The zero-order chi connectivity index (χ0) is 19.9. The fraction of sp³-hybridized carbons (Fsp3) is 0.227. The number of aryl methyl sites for hydroxylation is 1. The summed E-state index contributed by atoms with van der Waals surface area (Å²) in [5.74, 6) is -0.847. The Hall–Kier alpha value is -3.41. The van der Waals surface area contributed by atoms with E-state index in [0.29, 0.717) is 16.9 Å². The third kappa shape index (κ3) is 2.52. The predicted molar refractivity (Wildman–Crippen MR) is 107 cm³/mol. The summed E-state index contributed by atoms with van der Waals surface area (Å²) < 4.78 is 0. The predicted octanol–water partition coefficient (Wildman–Crippen LogP) is 3.10. The van der Waals surface area contributed by atoms with Gasteiger partial charge >= 0.3 is 0 Å². The number of nitrogens with one attached hydrogen (secondary N) is 1. The number of rotatable bonds is 4. The van der Waals surface area contributed by atoms with Gasteiger partial charge in [0.05, 0.1) is 11.3 Å². The first kappa shape index (κ1) is 18.0. The number of benzene rings is 2. The summed E-state index contributed by atoms with van der Waals surface area (Å²) in [6, 6.07) is 14.3. The quantitative estimate of drug-likeness (QED) is 0.835. The third-order valence-corrected chi connectivity index (χ3v) is 5.36. The molecule has 2 heterocycles. The van der Waals surface area contributed by atoms with E-state index in [1.807, 2.05) is 19.1 Å². The molecule has 0 unspecified atom stereocenters. The molecule has 0 aromatic heterocycles. The van der Waals surface area contributed by atoms with Gasteiger partial charge < -0.3 is 10.2 Å². The molecule has 2 aromatic carbocycles. The van der Waals surface area contributed by atoms with Crippen LogP contribution in [0.25, 0.3) is 0 Å². The highest BCUT2D eigenvalue weighted by atomic mass is 16.2. The molecule has 0 saturated carbocycles. The fourth-order valence-electron chi connectivity index (χ4n) is 4.03. The number of hydrogen-bond donors (Lipinski definition) is 1. The lowest BCUT2D eigenvalue weighted by Gasteiger charge is -2.48. The van der Waals surface area contributed by atoms with Gasteiger partial charge in [0.2, 0.25) is 11.6 Å². The number of para-hydroxylation sites is 1. The number of fused-ring (bicyclic) bond motifs is 3. The van der Waals surface area contributed by atoms with Crippen molar-refractivity contribution >= 4 is 29.1 Å². The number of amides is 3. The van der Waals surface area contributed by atoms with Crippen molar-refractivity contribution in [1.82, 2.24) is 4.90 Å². The monoisotopic (exact) mass is 375 g/mol. The first-order valence-electron chi connectivity index (χ1n) is 9.22. The molecule has 6 nitrogen and oxygen atoms in total. The van der Waals surface area contributed by atoms with E-state index in [9.17, 15) is 14.4 Å². The standard InChI is InChI=1S/C22H21N3O3/c1-3-14-24-20(27)17-6-4-5-7-18(17)25-19(26)12-13-22(24,25)21(28)23-16-10-8-15(2)9-11-16/h3-11H,1,12-14H2,2H3,(H,23,28)/t22-/m1/s1. The van der Waals surface area contributed by atoms with Gasteiger partial charge in [-0.05, 0) is 31.2 Å². The van der Waals surface area contributed by atoms with Gasteiger partial charge in [-0.1, -0.05) is 35.9 Å². The van der Waals surface area contributed by atoms with Crippen molar-refractivity contribution in [2.24, 2.45) is 0 Å². The van der Waals surface area contributed by atoms with Crippen molar-refractivity contribution in [2.75, 3.05) is 16.8 Å². The van der Waals surface area contributed by atoms with E-state index in [1.165, 1.54) is 9.80 Å². The first-order valence-corrected chi connectivity index (χ1v) is 9.22. The molecular weight excluding hydrogens is 354 g/mol. The lowest BCUT2D eigenvalue weighted by Crippen LogP contribution is -2.69. The smallest absolute Gasteiger partial charge is 0.271 e. The van der Waals surface area contributed by atoms with E-state index in [2.05, 4.69) is 11.9 Å². The van der Waals surface area contributed by atoms with Crippen LogP contribution in [0.5, 0.6) is 0 Å². The van der Waals surface area contributed by atoms with Crippen LogP contribution in [0, 0.1) is 6.92 Å². The second-order valence-electron chi connectivity index (χ2n) is 7.09. The average Bonchev–Trinajstić information content (AvgIpc) is 3.05. The molecule has 2 aliphatic heterocycles. The van der Waals surface area contributed by atoms with Crippen LogP contribution in [-0.2, 0) is 9.59 Å². The summed E-state index contributed by atoms with van der Waals surface area (Å²) in [6.45, 7) is 5.86. The molecule has 0 spiro atoms. The van der Waals surface area contributed by atoms with E-state index in [-0.39, 0.29) is 31.2 Å². The molecule has 6 heteroatoms. The summed E-state index contributed by atoms with van der Waals surface area (Å²) in [7, 11) is 0. The summed E-state index contributed by atoms with van der Waals surface area (Å²) in [5.41, 5.74) is 1.19. The van der Waals surface area contributed by atoms with Gasteiger partial charge in [0.25, 0.3) is 11.8 Å². The molecule has 1 fully saturated rings. The number of carbonyl (C=O) groups excluding carboxylic acids is 3. The summed E-state index contributed by atoms with van der Waals surface area (Å²) in [4.78, 5) is 42.5. The number of carbonyl (C=O) groups is 3. The zero-order valence-corrected chi connectivity index (χ0v) is 15.6. The topological polar surface area (TPSA) is 69.7 Å². The van der Waals surface area contributed by atoms with E-state index in [4.69, 9.17) is 0 Å². The molecule has 142 valence electrons. The highest BCUT2D eigenvalue weighted by Crippen LogP contribution is 2.44. The minimum Gasteiger partial charge on any atom is -0.322 e. The molecule has 2 aromatic rings. The Morgan fingerprint density at radius 2 is 1.89 bits per heavy atom. The Morgan fingerprint density at radius 3 is 2.61 bits per heavy atom. The Balaban J connectivity index is 1.84. The molecule has 0 aliphatic carbocycles. The molecule has 1 N–H and O–H groups in total. The zero-order valence-electron chi connectivity index (χ0n) is 15.6. The molecule has 0 radical (unpaired) electrons. The van der Waals surface area contributed by atoms with Crippen LogP contribution in [0.15, 0.2) is 61.2 Å². The number of anilines is 2. The van der Waals surface area contributed by atoms with Crippen LogP contribution in [-0.4, -0.2) is 34.8 Å². The van der Waals surface area contributed by atoms with Gasteiger partial charge in [-0.3, -0.25) is 19.3 Å². The van der Waals surface area contributed by atoms with Crippen LogP contribution in [0.1, 0.15) is 28.8 Å². The van der Waals surface area contributed by atoms with Gasteiger partial charge in [-0.25, -0.2) is 0 Å². The molecule has 4 rings (SSSR count). The van der Waals surface area contributed by atoms with Crippen molar-refractivity contribution in [3.8, 4) is 0 Å². The Bertz CT molecular complexity index is 983. The van der Waals surface area contributed by atoms with Crippen LogP contribution in [0.3, 0.4) is 0 Å². The maximum absolute atomic E-state index is 13.5. The molecular formula is C22H21N3O3. The summed E-state index contributed by atoms with van der Waals surface area (Å²) >= 11 is 0. The van der Waals surface area contributed by atoms with Crippen LogP contribution < -0.4 is 10.2 Å². The molecule has 1 saturated heterocycles. The molecule has 1 atom stereocenters. The third-order valence-electron chi connectivity index (χ3n) is 5.36. The average molecular weight is 375 g/mol. The molecule has 2 aliphatic rings. The first-order chi connectivity index (χ1) is 13.5. The van der Waals surface area contributed by atoms with Crippen LogP contribution in [0.4, 0.5) is 11.4 Å². The lowest BCUT2D eigenvalue weighted by atomic mass is 9.95. The van der Waals surface area contributed by atoms with Crippen LogP contribution >= 0.6 is 0 Å². The maximum Gasteiger partial charge on any atom is 0.271 e. The Morgan fingerprint density at radius 1 is 1.18 bits per heavy atom. The second-order valence-corrected chi connectivity index (χ2v) is 7.09. The van der Waals surface area contributed by atoms with Crippen molar-refractivity contribution < 1.29 is 14.4 Å². The Labute approximate surface area is 163 Å². The van der Waals surface area contributed by atoms with Gasteiger partial charge in [-0.15, -0.1) is 6.58 Å². The summed E-state index contributed by atoms with van der Waals surface area (Å²) in [5, 5.41) is 2.90. The van der Waals surface area contributed by atoms with Gasteiger partial charge in [0.1, 0.15) is 0 Å². The van der Waals surface area contributed by atoms with E-state index >= 15 is 0 Å². The van der Waals surface area contributed by atoms with Crippen molar-refractivity contribution in [1.29, 1.82) is 0 Å². The SMILES string of the molecule is C=CCN1C(=O)c2ccccc2N2C(=O)CC[C@@]12C(=O)Nc1ccc(C)cc1. The molecule has 28 heavy (non-hydrogen) atoms. The van der Waals surface area contributed by atoms with Crippen molar-refractivity contribution in [3.05, 3.63) is 72.3 Å². The molecule has 3 amide bonds. The fourth-order valence-corrected chi connectivity index (χ4v) is 4.03. The Kier molecular flexibility index (Phi) is 4.26. The number of nitrogens with zero attached hydrogens (tertiary/aromatic N) is 2. The van der Waals surface area contributed by atoms with Gasteiger partial charge in [-0.2, -0.15) is 0 Å². The minimum absolute atomic E-state index is 0.165. The minimum atomic E-state index is -1.40. The lowest BCUT2D eigenvalue weighted by molar-refractivity contribution is -0.128. The van der Waals surface area contributed by atoms with E-state index in [1.54, 1.807) is 42.5 Å². The normalized spacial score (nSPS) is 20.6. The van der Waals surface area contributed by atoms with Crippen molar-refractivity contribution in [2.45, 2.75) is 25.4 Å². The van der Waals surface area contributed by atoms with Crippen molar-refractivity contribution in [3.63, 3.8) is 0 Å². The largest absolute Gasteiger partial charge is 0.322 e. The maximum atomic E-state index is 13.5. The highest BCUT2D eigenvalue weighted by molar-refractivity contribution is 6.18. The molecule has 0 bridgehead atoms. The highest BCUT2D eigenvalue weighted by Gasteiger charge is 2.60. The second kappa shape index (κ2) is 6.64.